The molecule has 1 amide bonds. The Kier molecular flexibility index (Phi) is 7.25. The van der Waals surface area contributed by atoms with E-state index in [0.717, 1.165) is 25.7 Å². The standard InChI is InChI=1S/C8H13NO3.K/c10-7(8(11)12)9-6-4-2-1-3-5-6;/h6H,1-5H2,(H,9,10)(H,11,12);/q;+1/p-1. The Morgan fingerprint density at radius 1 is 1.15 bits per heavy atom. The van der Waals surface area contributed by atoms with Crippen molar-refractivity contribution in [2.75, 3.05) is 0 Å². The Morgan fingerprint density at radius 3 is 2.15 bits per heavy atom. The van der Waals surface area contributed by atoms with E-state index in [1.807, 2.05) is 0 Å². The average molecular weight is 209 g/mol. The molecule has 1 saturated carbocycles. The number of aliphatic carboxylic acids is 1. The van der Waals surface area contributed by atoms with Crippen molar-refractivity contribution in [2.45, 2.75) is 38.1 Å². The number of hydrogen-bond donors (Lipinski definition) is 1. The number of rotatable bonds is 1. The van der Waals surface area contributed by atoms with E-state index in [1.54, 1.807) is 0 Å². The molecule has 1 aliphatic rings. The Balaban J connectivity index is 0.00000144. The van der Waals surface area contributed by atoms with Crippen molar-refractivity contribution in [1.82, 2.24) is 5.32 Å². The third kappa shape index (κ3) is 5.12. The summed E-state index contributed by atoms with van der Waals surface area (Å²) in [5, 5.41) is 12.5. The molecule has 13 heavy (non-hydrogen) atoms. The summed E-state index contributed by atoms with van der Waals surface area (Å²) in [6, 6.07) is 0.0455. The number of carboxylic acids is 1. The van der Waals surface area contributed by atoms with Crippen LogP contribution in [0, 0.1) is 0 Å². The molecular weight excluding hydrogens is 197 g/mol. The van der Waals surface area contributed by atoms with Crippen molar-refractivity contribution in [3.05, 3.63) is 0 Å². The number of amides is 1. The fourth-order valence-corrected chi connectivity index (χ4v) is 1.49. The fraction of sp³-hybridized carbons (Fsp3) is 0.750. The van der Waals surface area contributed by atoms with Gasteiger partial charge in [0, 0.05) is 6.04 Å². The SMILES string of the molecule is O=C([O-])C(=O)NC1CCCCC1.[K+]. The molecule has 1 fully saturated rings. The van der Waals surface area contributed by atoms with Crippen LogP contribution in [0.4, 0.5) is 0 Å². The van der Waals surface area contributed by atoms with Crippen molar-refractivity contribution in [2.24, 2.45) is 0 Å². The van der Waals surface area contributed by atoms with Crippen molar-refractivity contribution >= 4 is 11.9 Å². The van der Waals surface area contributed by atoms with Crippen LogP contribution >= 0.6 is 0 Å². The van der Waals surface area contributed by atoms with Crippen molar-refractivity contribution in [1.29, 1.82) is 0 Å². The van der Waals surface area contributed by atoms with Crippen LogP contribution in [-0.4, -0.2) is 17.9 Å². The molecule has 1 N–H and O–H groups in total. The number of nitrogens with one attached hydrogen (secondary N) is 1. The minimum atomic E-state index is -1.64. The van der Waals surface area contributed by atoms with Gasteiger partial charge in [0.1, 0.15) is 5.97 Å². The molecule has 1 rings (SSSR count). The maximum Gasteiger partial charge on any atom is 1.00 e. The van der Waals surface area contributed by atoms with Crippen molar-refractivity contribution in [3.63, 3.8) is 0 Å². The number of hydrogen-bond acceptors (Lipinski definition) is 3. The summed E-state index contributed by atoms with van der Waals surface area (Å²) in [5.41, 5.74) is 0. The summed E-state index contributed by atoms with van der Waals surface area (Å²) in [6.45, 7) is 0. The zero-order chi connectivity index (χ0) is 8.97. The molecule has 0 spiro atoms. The molecule has 0 atom stereocenters. The van der Waals surface area contributed by atoms with Crippen molar-refractivity contribution < 1.29 is 66.1 Å². The van der Waals surface area contributed by atoms with E-state index in [9.17, 15) is 14.7 Å². The van der Waals surface area contributed by atoms with Gasteiger partial charge in [0.05, 0.1) is 0 Å². The number of carbonyl (C=O) groups is 2. The van der Waals surface area contributed by atoms with Gasteiger partial charge in [-0.1, -0.05) is 19.3 Å². The maximum atomic E-state index is 10.6. The monoisotopic (exact) mass is 209 g/mol. The largest absolute Gasteiger partial charge is 1.00 e. The Morgan fingerprint density at radius 2 is 1.69 bits per heavy atom. The summed E-state index contributed by atoms with van der Waals surface area (Å²) in [6.07, 6.45) is 5.09. The first-order valence-corrected chi connectivity index (χ1v) is 4.22. The first kappa shape index (κ1) is 13.6. The van der Waals surface area contributed by atoms with Crippen LogP contribution in [0.2, 0.25) is 0 Å². The van der Waals surface area contributed by atoms with E-state index in [0.29, 0.717) is 0 Å². The molecule has 0 aliphatic heterocycles. The molecule has 1 aliphatic carbocycles. The molecule has 0 radical (unpaired) electrons. The van der Waals surface area contributed by atoms with Crippen LogP contribution in [0.1, 0.15) is 32.1 Å². The van der Waals surface area contributed by atoms with E-state index in [1.165, 1.54) is 6.42 Å². The normalized spacial score (nSPS) is 17.2. The molecular formula is C8H12KNO3. The predicted octanol–water partition coefficient (Wildman–Crippen LogP) is -3.81. The third-order valence-corrected chi connectivity index (χ3v) is 2.13. The van der Waals surface area contributed by atoms with Gasteiger partial charge in [-0.05, 0) is 12.8 Å². The Bertz CT molecular complexity index is 190. The van der Waals surface area contributed by atoms with Gasteiger partial charge in [-0.2, -0.15) is 0 Å². The zero-order valence-corrected chi connectivity index (χ0v) is 11.0. The first-order valence-electron chi connectivity index (χ1n) is 4.22. The summed E-state index contributed by atoms with van der Waals surface area (Å²) >= 11 is 0. The molecule has 0 saturated heterocycles. The molecule has 4 nitrogen and oxygen atoms in total. The van der Waals surface area contributed by atoms with Gasteiger partial charge in [0.25, 0.3) is 5.91 Å². The van der Waals surface area contributed by atoms with Crippen LogP contribution < -0.4 is 61.8 Å². The molecule has 0 aromatic carbocycles. The summed E-state index contributed by atoms with van der Waals surface area (Å²) in [7, 11) is 0. The summed E-state index contributed by atoms with van der Waals surface area (Å²) in [4.78, 5) is 20.7. The van der Waals surface area contributed by atoms with Gasteiger partial charge < -0.3 is 15.2 Å². The van der Waals surface area contributed by atoms with Gasteiger partial charge in [-0.15, -0.1) is 0 Å². The smallest absolute Gasteiger partial charge is 0.540 e. The van der Waals surface area contributed by atoms with E-state index in [-0.39, 0.29) is 57.4 Å². The quantitative estimate of drug-likeness (QED) is 0.355. The minimum Gasteiger partial charge on any atom is -0.540 e. The second-order valence-electron chi connectivity index (χ2n) is 3.10. The number of carbonyl (C=O) groups excluding carboxylic acids is 2. The van der Waals surface area contributed by atoms with E-state index >= 15 is 0 Å². The van der Waals surface area contributed by atoms with Gasteiger partial charge in [0.15, 0.2) is 0 Å². The zero-order valence-electron chi connectivity index (χ0n) is 7.84. The molecule has 5 heteroatoms. The topological polar surface area (TPSA) is 69.2 Å². The molecule has 0 heterocycles. The van der Waals surface area contributed by atoms with Crippen LogP contribution in [0.3, 0.4) is 0 Å². The van der Waals surface area contributed by atoms with Crippen LogP contribution in [0.15, 0.2) is 0 Å². The molecule has 68 valence electrons. The average Bonchev–Trinajstić information content (AvgIpc) is 2.06. The van der Waals surface area contributed by atoms with E-state index in [4.69, 9.17) is 0 Å². The molecule has 0 aromatic heterocycles. The van der Waals surface area contributed by atoms with Gasteiger partial charge in [-0.25, -0.2) is 0 Å². The number of carboxylic acid groups (broad SMARTS) is 1. The van der Waals surface area contributed by atoms with Gasteiger partial charge >= 0.3 is 51.4 Å². The van der Waals surface area contributed by atoms with Gasteiger partial charge in [0.2, 0.25) is 0 Å². The van der Waals surface area contributed by atoms with Crippen LogP contribution in [0.5, 0.6) is 0 Å². The van der Waals surface area contributed by atoms with Crippen LogP contribution in [0.25, 0.3) is 0 Å². The molecule has 0 unspecified atom stereocenters. The molecule has 0 aromatic rings. The van der Waals surface area contributed by atoms with E-state index in [2.05, 4.69) is 5.32 Å². The summed E-state index contributed by atoms with van der Waals surface area (Å²) in [5.74, 6) is -2.62. The second-order valence-corrected chi connectivity index (χ2v) is 3.10. The Hall–Kier alpha value is 0.576. The third-order valence-electron chi connectivity index (χ3n) is 2.13. The second kappa shape index (κ2) is 6.95. The summed E-state index contributed by atoms with van der Waals surface area (Å²) < 4.78 is 0. The minimum absolute atomic E-state index is 0. The van der Waals surface area contributed by atoms with Crippen molar-refractivity contribution in [3.8, 4) is 0 Å². The van der Waals surface area contributed by atoms with E-state index < -0.39 is 11.9 Å². The predicted molar refractivity (Wildman–Crippen MR) is 40.0 cm³/mol. The Labute approximate surface area is 120 Å². The van der Waals surface area contributed by atoms with Crippen LogP contribution in [-0.2, 0) is 9.59 Å². The fourth-order valence-electron chi connectivity index (χ4n) is 1.49. The molecule has 0 bridgehead atoms. The first-order chi connectivity index (χ1) is 5.70. The van der Waals surface area contributed by atoms with Gasteiger partial charge in [-0.3, -0.25) is 4.79 Å². The maximum absolute atomic E-state index is 10.6.